The van der Waals surface area contributed by atoms with Gasteiger partial charge < -0.3 is 20.1 Å². The van der Waals surface area contributed by atoms with Gasteiger partial charge in [-0.2, -0.15) is 0 Å². The van der Waals surface area contributed by atoms with Crippen LogP contribution in [0.1, 0.15) is 54.8 Å². The monoisotopic (exact) mass is 349 g/mol. The molecule has 1 aromatic rings. The van der Waals surface area contributed by atoms with Crippen LogP contribution in [-0.4, -0.2) is 52.7 Å². The zero-order valence-corrected chi connectivity index (χ0v) is 14.8. The first-order valence-electron chi connectivity index (χ1n) is 7.97. The molecule has 8 nitrogen and oxygen atoms in total. The topological polar surface area (TPSA) is 109 Å². The normalized spacial score (nSPS) is 20.2. The molecule has 0 saturated carbocycles. The van der Waals surface area contributed by atoms with E-state index >= 15 is 0 Å². The number of rotatable bonds is 4. The van der Waals surface area contributed by atoms with Crippen molar-refractivity contribution in [2.24, 2.45) is 0 Å². The van der Waals surface area contributed by atoms with Crippen molar-refractivity contribution in [2.75, 3.05) is 18.0 Å². The standard InChI is InChI=1S/C17H23N3O5/c1-16(2,3)25-15(24)19-17(4)5-6-20(10-17)13-11(9-21)7-18-8-12(13)14(22)23/h7-9H,5-6,10H2,1-4H3,(H,19,24)(H,22,23)/t17-/m0/s1. The van der Waals surface area contributed by atoms with Gasteiger partial charge in [0.25, 0.3) is 0 Å². The number of hydrogen-bond donors (Lipinski definition) is 2. The van der Waals surface area contributed by atoms with Crippen molar-refractivity contribution in [3.8, 4) is 0 Å². The molecular weight excluding hydrogens is 326 g/mol. The summed E-state index contributed by atoms with van der Waals surface area (Å²) >= 11 is 0. The van der Waals surface area contributed by atoms with Crippen LogP contribution in [0.15, 0.2) is 12.4 Å². The number of carboxylic acid groups (broad SMARTS) is 1. The number of aldehydes is 1. The lowest BCUT2D eigenvalue weighted by Gasteiger charge is -2.29. The zero-order valence-electron chi connectivity index (χ0n) is 14.8. The lowest BCUT2D eigenvalue weighted by Crippen LogP contribution is -2.49. The highest BCUT2D eigenvalue weighted by atomic mass is 16.6. The van der Waals surface area contributed by atoms with E-state index in [0.717, 1.165) is 0 Å². The first-order chi connectivity index (χ1) is 11.5. The van der Waals surface area contributed by atoms with Gasteiger partial charge >= 0.3 is 12.1 Å². The van der Waals surface area contributed by atoms with Gasteiger partial charge in [0.05, 0.1) is 16.8 Å². The minimum absolute atomic E-state index is 0.0360. The van der Waals surface area contributed by atoms with E-state index in [-0.39, 0.29) is 11.1 Å². The highest BCUT2D eigenvalue weighted by Crippen LogP contribution is 2.31. The van der Waals surface area contributed by atoms with Gasteiger partial charge in [-0.3, -0.25) is 9.78 Å². The van der Waals surface area contributed by atoms with Gasteiger partial charge in [-0.05, 0) is 34.1 Å². The van der Waals surface area contributed by atoms with Crippen LogP contribution in [-0.2, 0) is 4.74 Å². The van der Waals surface area contributed by atoms with E-state index in [0.29, 0.717) is 31.5 Å². The summed E-state index contributed by atoms with van der Waals surface area (Å²) in [6, 6.07) is 0. The van der Waals surface area contributed by atoms with E-state index in [9.17, 15) is 19.5 Å². The maximum atomic E-state index is 12.0. The van der Waals surface area contributed by atoms with Crippen molar-refractivity contribution in [3.05, 3.63) is 23.5 Å². The second kappa shape index (κ2) is 6.70. The molecule has 136 valence electrons. The van der Waals surface area contributed by atoms with E-state index in [1.165, 1.54) is 12.4 Å². The molecule has 25 heavy (non-hydrogen) atoms. The number of nitrogens with one attached hydrogen (secondary N) is 1. The third-order valence-electron chi connectivity index (χ3n) is 3.90. The maximum Gasteiger partial charge on any atom is 0.408 e. The minimum Gasteiger partial charge on any atom is -0.478 e. The molecule has 8 heteroatoms. The molecule has 0 radical (unpaired) electrons. The van der Waals surface area contributed by atoms with Gasteiger partial charge in [0.2, 0.25) is 0 Å². The number of carbonyl (C=O) groups excluding carboxylic acids is 2. The van der Waals surface area contributed by atoms with Gasteiger partial charge in [-0.1, -0.05) is 0 Å². The predicted octanol–water partition coefficient (Wildman–Crippen LogP) is 2.09. The molecule has 1 amide bonds. The number of carbonyl (C=O) groups is 3. The van der Waals surface area contributed by atoms with Crippen molar-refractivity contribution >= 4 is 24.0 Å². The average molecular weight is 349 g/mol. The van der Waals surface area contributed by atoms with Gasteiger partial charge in [0.1, 0.15) is 11.2 Å². The van der Waals surface area contributed by atoms with Crippen LogP contribution < -0.4 is 10.2 Å². The lowest BCUT2D eigenvalue weighted by atomic mass is 10.0. The van der Waals surface area contributed by atoms with E-state index in [1.54, 1.807) is 25.7 Å². The zero-order chi connectivity index (χ0) is 18.8. The molecule has 1 fully saturated rings. The van der Waals surface area contributed by atoms with Gasteiger partial charge in [0, 0.05) is 25.5 Å². The van der Waals surface area contributed by atoms with Crippen LogP contribution in [0.4, 0.5) is 10.5 Å². The van der Waals surface area contributed by atoms with E-state index in [1.807, 2.05) is 6.92 Å². The molecule has 1 saturated heterocycles. The number of ether oxygens (including phenoxy) is 1. The summed E-state index contributed by atoms with van der Waals surface area (Å²) in [5.74, 6) is -1.15. The van der Waals surface area contributed by atoms with Crippen molar-refractivity contribution in [1.29, 1.82) is 0 Å². The summed E-state index contributed by atoms with van der Waals surface area (Å²) in [5.41, 5.74) is -0.702. The lowest BCUT2D eigenvalue weighted by molar-refractivity contribution is 0.0472. The Morgan fingerprint density at radius 2 is 2.08 bits per heavy atom. The number of aromatic carboxylic acids is 1. The maximum absolute atomic E-state index is 12.0. The fourth-order valence-corrected chi connectivity index (χ4v) is 2.87. The summed E-state index contributed by atoms with van der Waals surface area (Å²) in [6.45, 7) is 8.06. The van der Waals surface area contributed by atoms with Crippen LogP contribution in [0.25, 0.3) is 0 Å². The molecule has 0 aromatic carbocycles. The molecule has 0 aliphatic carbocycles. The van der Waals surface area contributed by atoms with Crippen molar-refractivity contribution in [1.82, 2.24) is 10.3 Å². The molecule has 0 bridgehead atoms. The number of nitrogens with zero attached hydrogens (tertiary/aromatic N) is 2. The van der Waals surface area contributed by atoms with Gasteiger partial charge in [-0.25, -0.2) is 9.59 Å². The summed E-state index contributed by atoms with van der Waals surface area (Å²) in [6.07, 6.45) is 3.21. The fourth-order valence-electron chi connectivity index (χ4n) is 2.87. The number of amides is 1. The molecule has 1 aliphatic rings. The van der Waals surface area contributed by atoms with E-state index in [2.05, 4.69) is 10.3 Å². The van der Waals surface area contributed by atoms with Crippen LogP contribution in [0.2, 0.25) is 0 Å². The van der Waals surface area contributed by atoms with Crippen LogP contribution >= 0.6 is 0 Å². The SMILES string of the molecule is CC(C)(C)OC(=O)N[C@@]1(C)CCN(c2c(C=O)cncc2C(=O)O)C1. The Balaban J connectivity index is 2.22. The fraction of sp³-hybridized carbons (Fsp3) is 0.529. The average Bonchev–Trinajstić information content (AvgIpc) is 2.85. The molecular formula is C17H23N3O5. The van der Waals surface area contributed by atoms with Crippen molar-refractivity contribution < 1.29 is 24.2 Å². The molecule has 2 heterocycles. The summed E-state index contributed by atoms with van der Waals surface area (Å²) in [4.78, 5) is 40.4. The highest BCUT2D eigenvalue weighted by Gasteiger charge is 2.38. The second-order valence-corrected chi connectivity index (χ2v) is 7.41. The molecule has 1 atom stereocenters. The molecule has 1 aliphatic heterocycles. The number of aromatic nitrogens is 1. The van der Waals surface area contributed by atoms with Crippen LogP contribution in [0, 0.1) is 0 Å². The summed E-state index contributed by atoms with van der Waals surface area (Å²) in [7, 11) is 0. The Hall–Kier alpha value is -2.64. The second-order valence-electron chi connectivity index (χ2n) is 7.41. The largest absolute Gasteiger partial charge is 0.478 e. The Morgan fingerprint density at radius 3 is 2.64 bits per heavy atom. The molecule has 0 spiro atoms. The predicted molar refractivity (Wildman–Crippen MR) is 91.2 cm³/mol. The molecule has 0 unspecified atom stereocenters. The minimum atomic E-state index is -1.15. The Bertz CT molecular complexity index is 698. The van der Waals surface area contributed by atoms with Crippen molar-refractivity contribution in [3.63, 3.8) is 0 Å². The van der Waals surface area contributed by atoms with Gasteiger partial charge in [0.15, 0.2) is 6.29 Å². The number of pyridine rings is 1. The van der Waals surface area contributed by atoms with Crippen molar-refractivity contribution in [2.45, 2.75) is 45.3 Å². The van der Waals surface area contributed by atoms with E-state index in [4.69, 9.17) is 4.74 Å². The van der Waals surface area contributed by atoms with E-state index < -0.39 is 23.2 Å². The summed E-state index contributed by atoms with van der Waals surface area (Å²) in [5, 5.41) is 12.2. The first kappa shape index (κ1) is 18.7. The number of hydrogen-bond acceptors (Lipinski definition) is 6. The Labute approximate surface area is 146 Å². The number of alkyl carbamates (subject to hydrolysis) is 1. The quantitative estimate of drug-likeness (QED) is 0.801. The number of anilines is 1. The smallest absolute Gasteiger partial charge is 0.408 e. The third kappa shape index (κ3) is 4.46. The third-order valence-corrected chi connectivity index (χ3v) is 3.90. The van der Waals surface area contributed by atoms with Gasteiger partial charge in [-0.15, -0.1) is 0 Å². The van der Waals surface area contributed by atoms with Crippen LogP contribution in [0.5, 0.6) is 0 Å². The molecule has 2 N–H and O–H groups in total. The first-order valence-corrected chi connectivity index (χ1v) is 7.97. The Morgan fingerprint density at radius 1 is 1.40 bits per heavy atom. The Kier molecular flexibility index (Phi) is 5.01. The molecule has 2 rings (SSSR count). The van der Waals surface area contributed by atoms with Crippen LogP contribution in [0.3, 0.4) is 0 Å². The highest BCUT2D eigenvalue weighted by molar-refractivity contribution is 5.99. The summed E-state index contributed by atoms with van der Waals surface area (Å²) < 4.78 is 5.28. The molecule has 1 aromatic heterocycles. The number of carboxylic acids is 1.